The number of unbranched alkanes of at least 4 members (excludes halogenated alkanes) is 1. The number of pyridine rings is 1. The van der Waals surface area contributed by atoms with E-state index in [9.17, 15) is 13.2 Å². The third-order valence-electron chi connectivity index (χ3n) is 2.48. The van der Waals surface area contributed by atoms with E-state index in [1.165, 1.54) is 17.2 Å². The first-order valence-corrected chi connectivity index (χ1v) is 7.54. The molecule has 0 saturated heterocycles. The van der Waals surface area contributed by atoms with E-state index in [-0.39, 0.29) is 16.5 Å². The second kappa shape index (κ2) is 6.63. The minimum atomic E-state index is -3.75. The van der Waals surface area contributed by atoms with Crippen molar-refractivity contribution in [1.29, 1.82) is 0 Å². The molecular weight excluding hydrogens is 266 g/mol. The van der Waals surface area contributed by atoms with Crippen molar-refractivity contribution in [2.24, 2.45) is 0 Å². The van der Waals surface area contributed by atoms with E-state index < -0.39 is 10.0 Å². The van der Waals surface area contributed by atoms with Gasteiger partial charge in [0.05, 0.1) is 5.56 Å². The Kier molecular flexibility index (Phi) is 5.44. The van der Waals surface area contributed by atoms with Crippen molar-refractivity contribution in [3.63, 3.8) is 0 Å². The first-order valence-electron chi connectivity index (χ1n) is 6.06. The number of carbonyl (C=O) groups is 1. The fraction of sp³-hybridized carbons (Fsp3) is 0.500. The van der Waals surface area contributed by atoms with Crippen molar-refractivity contribution >= 4 is 15.9 Å². The summed E-state index contributed by atoms with van der Waals surface area (Å²) in [6.07, 6.45) is 2.98. The SMILES string of the molecule is CCCCNS(=O)(=O)c1ncccc1C(=O)N(C)C. The van der Waals surface area contributed by atoms with Crippen LogP contribution in [0.1, 0.15) is 30.1 Å². The van der Waals surface area contributed by atoms with E-state index in [1.54, 1.807) is 20.2 Å². The zero-order valence-electron chi connectivity index (χ0n) is 11.4. The van der Waals surface area contributed by atoms with Crippen molar-refractivity contribution in [3.05, 3.63) is 23.9 Å². The maximum absolute atomic E-state index is 12.1. The van der Waals surface area contributed by atoms with Crippen LogP contribution in [0.5, 0.6) is 0 Å². The minimum Gasteiger partial charge on any atom is -0.345 e. The van der Waals surface area contributed by atoms with Gasteiger partial charge >= 0.3 is 0 Å². The molecule has 0 aliphatic heterocycles. The zero-order valence-corrected chi connectivity index (χ0v) is 12.2. The van der Waals surface area contributed by atoms with Crippen LogP contribution in [-0.2, 0) is 10.0 Å². The van der Waals surface area contributed by atoms with Gasteiger partial charge in [-0.15, -0.1) is 0 Å². The third-order valence-corrected chi connectivity index (χ3v) is 3.90. The molecule has 7 heteroatoms. The fourth-order valence-corrected chi connectivity index (χ4v) is 2.65. The Morgan fingerprint density at radius 2 is 2.11 bits per heavy atom. The number of sulfonamides is 1. The Balaban J connectivity index is 3.10. The summed E-state index contributed by atoms with van der Waals surface area (Å²) in [7, 11) is -0.619. The number of carbonyl (C=O) groups excluding carboxylic acids is 1. The lowest BCUT2D eigenvalue weighted by Gasteiger charge is -2.13. The summed E-state index contributed by atoms with van der Waals surface area (Å²) in [5.41, 5.74) is 0.0801. The van der Waals surface area contributed by atoms with Gasteiger partial charge < -0.3 is 4.90 Å². The lowest BCUT2D eigenvalue weighted by Crippen LogP contribution is -2.30. The molecule has 0 atom stereocenters. The summed E-state index contributed by atoms with van der Waals surface area (Å²) >= 11 is 0. The highest BCUT2D eigenvalue weighted by molar-refractivity contribution is 7.89. The van der Waals surface area contributed by atoms with Gasteiger partial charge in [0.2, 0.25) is 0 Å². The lowest BCUT2D eigenvalue weighted by atomic mass is 10.2. The molecule has 0 unspecified atom stereocenters. The van der Waals surface area contributed by atoms with Gasteiger partial charge in [-0.25, -0.2) is 18.1 Å². The van der Waals surface area contributed by atoms with Crippen molar-refractivity contribution in [1.82, 2.24) is 14.6 Å². The Morgan fingerprint density at radius 1 is 1.42 bits per heavy atom. The lowest BCUT2D eigenvalue weighted by molar-refractivity contribution is 0.0823. The van der Waals surface area contributed by atoms with Crippen LogP contribution in [0, 0.1) is 0 Å². The van der Waals surface area contributed by atoms with Crippen LogP contribution < -0.4 is 4.72 Å². The largest absolute Gasteiger partial charge is 0.345 e. The van der Waals surface area contributed by atoms with Crippen LogP contribution in [0.15, 0.2) is 23.4 Å². The molecule has 0 aliphatic carbocycles. The van der Waals surface area contributed by atoms with E-state index in [0.717, 1.165) is 12.8 Å². The number of hydrogen-bond acceptors (Lipinski definition) is 4. The van der Waals surface area contributed by atoms with Gasteiger partial charge in [-0.2, -0.15) is 0 Å². The number of rotatable bonds is 6. The highest BCUT2D eigenvalue weighted by Crippen LogP contribution is 2.13. The van der Waals surface area contributed by atoms with Crippen molar-refractivity contribution < 1.29 is 13.2 Å². The fourth-order valence-electron chi connectivity index (χ4n) is 1.46. The standard InChI is InChI=1S/C12H19N3O3S/c1-4-5-9-14-19(17,18)11-10(7-6-8-13-11)12(16)15(2)3/h6-8,14H,4-5,9H2,1-3H3. The third kappa shape index (κ3) is 4.00. The summed E-state index contributed by atoms with van der Waals surface area (Å²) in [5, 5.41) is -0.218. The van der Waals surface area contributed by atoms with E-state index in [2.05, 4.69) is 9.71 Å². The van der Waals surface area contributed by atoms with Crippen LogP contribution >= 0.6 is 0 Å². The van der Waals surface area contributed by atoms with Crippen LogP contribution in [-0.4, -0.2) is 44.8 Å². The molecule has 1 aromatic heterocycles. The van der Waals surface area contributed by atoms with E-state index in [0.29, 0.717) is 6.54 Å². The zero-order chi connectivity index (χ0) is 14.5. The molecule has 1 amide bonds. The molecule has 0 aliphatic rings. The van der Waals surface area contributed by atoms with E-state index in [4.69, 9.17) is 0 Å². The molecule has 1 rings (SSSR count). The van der Waals surface area contributed by atoms with Crippen molar-refractivity contribution in [2.45, 2.75) is 24.8 Å². The van der Waals surface area contributed by atoms with Gasteiger partial charge in [0.15, 0.2) is 5.03 Å². The average Bonchev–Trinajstić information content (AvgIpc) is 2.38. The van der Waals surface area contributed by atoms with Gasteiger partial charge in [0.1, 0.15) is 0 Å². The van der Waals surface area contributed by atoms with Gasteiger partial charge in [-0.1, -0.05) is 13.3 Å². The van der Waals surface area contributed by atoms with Gasteiger partial charge in [0.25, 0.3) is 15.9 Å². The topological polar surface area (TPSA) is 79.4 Å². The van der Waals surface area contributed by atoms with Gasteiger partial charge in [-0.05, 0) is 18.6 Å². The predicted octanol–water partition coefficient (Wildman–Crippen LogP) is 0.862. The Morgan fingerprint density at radius 3 is 2.68 bits per heavy atom. The molecule has 0 radical (unpaired) electrons. The van der Waals surface area contributed by atoms with E-state index >= 15 is 0 Å². The van der Waals surface area contributed by atoms with Crippen LogP contribution in [0.3, 0.4) is 0 Å². The number of nitrogens with one attached hydrogen (secondary N) is 1. The Hall–Kier alpha value is -1.47. The molecule has 6 nitrogen and oxygen atoms in total. The minimum absolute atomic E-state index is 0.0801. The molecule has 0 aromatic carbocycles. The molecule has 0 fully saturated rings. The summed E-state index contributed by atoms with van der Waals surface area (Å²) < 4.78 is 26.7. The molecule has 19 heavy (non-hydrogen) atoms. The molecule has 1 aromatic rings. The average molecular weight is 285 g/mol. The highest BCUT2D eigenvalue weighted by Gasteiger charge is 2.24. The molecule has 0 saturated carbocycles. The highest BCUT2D eigenvalue weighted by atomic mass is 32.2. The number of hydrogen-bond donors (Lipinski definition) is 1. The molecule has 106 valence electrons. The monoisotopic (exact) mass is 285 g/mol. The first kappa shape index (κ1) is 15.6. The summed E-state index contributed by atoms with van der Waals surface area (Å²) in [5.74, 6) is -0.385. The quantitative estimate of drug-likeness (QED) is 0.786. The van der Waals surface area contributed by atoms with Crippen LogP contribution in [0.2, 0.25) is 0 Å². The van der Waals surface area contributed by atoms with Crippen LogP contribution in [0.4, 0.5) is 0 Å². The molecule has 0 bridgehead atoms. The predicted molar refractivity (Wildman–Crippen MR) is 72.4 cm³/mol. The Labute approximate surface area is 113 Å². The summed E-state index contributed by atoms with van der Waals surface area (Å²) in [4.78, 5) is 17.1. The van der Waals surface area contributed by atoms with E-state index in [1.807, 2.05) is 6.92 Å². The number of nitrogens with zero attached hydrogens (tertiary/aromatic N) is 2. The number of aromatic nitrogens is 1. The van der Waals surface area contributed by atoms with Crippen molar-refractivity contribution in [3.8, 4) is 0 Å². The second-order valence-corrected chi connectivity index (χ2v) is 5.99. The maximum atomic E-state index is 12.1. The Bertz CT molecular complexity index is 541. The van der Waals surface area contributed by atoms with Gasteiger partial charge in [0, 0.05) is 26.8 Å². The molecule has 1 N–H and O–H groups in total. The molecule has 0 spiro atoms. The van der Waals surface area contributed by atoms with Gasteiger partial charge in [-0.3, -0.25) is 4.79 Å². The number of amides is 1. The first-order chi connectivity index (χ1) is 8.90. The molecular formula is C12H19N3O3S. The maximum Gasteiger partial charge on any atom is 0.258 e. The normalized spacial score (nSPS) is 11.3. The van der Waals surface area contributed by atoms with Crippen molar-refractivity contribution in [2.75, 3.05) is 20.6 Å². The summed E-state index contributed by atoms with van der Waals surface area (Å²) in [6, 6.07) is 3.01. The smallest absolute Gasteiger partial charge is 0.258 e. The second-order valence-electron chi connectivity index (χ2n) is 4.31. The summed E-state index contributed by atoms with van der Waals surface area (Å²) in [6.45, 7) is 2.31. The van der Waals surface area contributed by atoms with Crippen LogP contribution in [0.25, 0.3) is 0 Å². The molecule has 1 heterocycles.